The molecule has 0 radical (unpaired) electrons. The third kappa shape index (κ3) is 5.43. The molecule has 1 heteroatoms. The van der Waals surface area contributed by atoms with Gasteiger partial charge in [-0.3, -0.25) is 0 Å². The van der Waals surface area contributed by atoms with E-state index in [1.807, 2.05) is 91.0 Å². The molecule has 0 aromatic heterocycles. The van der Waals surface area contributed by atoms with Crippen LogP contribution in [0.15, 0.2) is 90.5 Å². The van der Waals surface area contributed by atoms with Gasteiger partial charge >= 0.3 is 0 Å². The van der Waals surface area contributed by atoms with Crippen LogP contribution >= 0.6 is 11.6 Å². The number of hydrogen-bond acceptors (Lipinski definition) is 0. The maximum Gasteiger partial charge on any atom is 0.0757 e. The molecule has 3 aromatic carbocycles. The summed E-state index contributed by atoms with van der Waals surface area (Å²) in [5.41, 5.74) is 3.70. The van der Waals surface area contributed by atoms with Gasteiger partial charge < -0.3 is 0 Å². The van der Waals surface area contributed by atoms with Crippen molar-refractivity contribution in [2.75, 3.05) is 0 Å². The van der Waals surface area contributed by atoms with Gasteiger partial charge in [0.2, 0.25) is 0 Å². The number of allylic oxidation sites excluding steroid dienone is 1. The van der Waals surface area contributed by atoms with Crippen LogP contribution in [-0.4, -0.2) is 0 Å². The Kier molecular flexibility index (Phi) is 5.73. The molecule has 0 saturated carbocycles. The lowest BCUT2D eigenvalue weighted by molar-refractivity contribution is 1.63. The van der Waals surface area contributed by atoms with E-state index in [4.69, 9.17) is 11.6 Å². The molecule has 0 N–H and O–H groups in total. The van der Waals surface area contributed by atoms with Crippen molar-refractivity contribution in [2.24, 2.45) is 0 Å². The van der Waals surface area contributed by atoms with Crippen LogP contribution in [0.5, 0.6) is 0 Å². The Morgan fingerprint density at radius 1 is 0.640 bits per heavy atom. The summed E-state index contributed by atoms with van der Waals surface area (Å²) in [5.74, 6) is 12.7. The van der Waals surface area contributed by atoms with Gasteiger partial charge in [-0.25, -0.2) is 0 Å². The van der Waals surface area contributed by atoms with E-state index < -0.39 is 0 Å². The predicted octanol–water partition coefficient (Wildman–Crippen LogP) is 5.83. The van der Waals surface area contributed by atoms with Gasteiger partial charge in [-0.05, 0) is 48.0 Å². The Balaban J connectivity index is 1.95. The Bertz CT molecular complexity index is 915. The van der Waals surface area contributed by atoms with Crippen molar-refractivity contribution in [3.05, 3.63) is 112 Å². The van der Waals surface area contributed by atoms with Crippen LogP contribution in [0.2, 0.25) is 5.02 Å². The van der Waals surface area contributed by atoms with E-state index in [9.17, 15) is 0 Å². The van der Waals surface area contributed by atoms with Crippen LogP contribution in [0.4, 0.5) is 0 Å². The summed E-state index contributed by atoms with van der Waals surface area (Å²) in [6, 6.07) is 27.4. The molecule has 118 valence electrons. The topological polar surface area (TPSA) is 0 Å². The fraction of sp³-hybridized carbons (Fsp3) is 0. The number of hydrogen-bond donors (Lipinski definition) is 0. The lowest BCUT2D eigenvalue weighted by Gasteiger charge is -1.95. The Hall–Kier alpha value is -3.19. The normalized spacial score (nSPS) is 9.16. The average molecular weight is 339 g/mol. The Morgan fingerprint density at radius 2 is 1.12 bits per heavy atom. The van der Waals surface area contributed by atoms with Crippen LogP contribution in [0, 0.1) is 23.7 Å². The zero-order valence-electron chi connectivity index (χ0n) is 13.5. The smallest absolute Gasteiger partial charge is 0.0757 e. The number of benzene rings is 3. The third-order valence-corrected chi connectivity index (χ3v) is 3.66. The Morgan fingerprint density at radius 3 is 1.60 bits per heavy atom. The summed E-state index contributed by atoms with van der Waals surface area (Å²) < 4.78 is 0. The summed E-state index contributed by atoms with van der Waals surface area (Å²) in [6.07, 6.45) is 1.97. The van der Waals surface area contributed by atoms with Gasteiger partial charge in [0.05, 0.1) is 5.57 Å². The van der Waals surface area contributed by atoms with Crippen molar-refractivity contribution in [1.29, 1.82) is 0 Å². The van der Waals surface area contributed by atoms with Crippen LogP contribution < -0.4 is 0 Å². The maximum atomic E-state index is 5.95. The van der Waals surface area contributed by atoms with Crippen molar-refractivity contribution in [2.45, 2.75) is 0 Å². The van der Waals surface area contributed by atoms with Crippen LogP contribution in [0.3, 0.4) is 0 Å². The van der Waals surface area contributed by atoms with Gasteiger partial charge in [0.15, 0.2) is 0 Å². The minimum atomic E-state index is 0.712. The van der Waals surface area contributed by atoms with Gasteiger partial charge in [0, 0.05) is 16.1 Å². The molecule has 0 aliphatic heterocycles. The van der Waals surface area contributed by atoms with E-state index in [0.717, 1.165) is 22.3 Å². The second-order valence-corrected chi connectivity index (χ2v) is 5.78. The second kappa shape index (κ2) is 8.60. The zero-order chi connectivity index (χ0) is 17.3. The molecule has 0 amide bonds. The van der Waals surface area contributed by atoms with Crippen LogP contribution in [-0.2, 0) is 0 Å². The second-order valence-electron chi connectivity index (χ2n) is 5.34. The molecule has 0 saturated heterocycles. The van der Waals surface area contributed by atoms with Crippen molar-refractivity contribution in [3.63, 3.8) is 0 Å². The first-order valence-corrected chi connectivity index (χ1v) is 8.29. The molecular formula is C24H15Cl. The quantitative estimate of drug-likeness (QED) is 0.490. The molecule has 0 fully saturated rings. The minimum Gasteiger partial charge on any atom is -0.0843 e. The molecule has 0 heterocycles. The highest BCUT2D eigenvalue weighted by atomic mass is 35.5. The highest BCUT2D eigenvalue weighted by Gasteiger charge is 1.93. The van der Waals surface area contributed by atoms with E-state index in [1.54, 1.807) is 0 Å². The van der Waals surface area contributed by atoms with Gasteiger partial charge in [0.1, 0.15) is 0 Å². The highest BCUT2D eigenvalue weighted by Crippen LogP contribution is 2.12. The third-order valence-electron chi connectivity index (χ3n) is 3.41. The van der Waals surface area contributed by atoms with Crippen LogP contribution in [0.1, 0.15) is 16.7 Å². The van der Waals surface area contributed by atoms with E-state index in [1.165, 1.54) is 0 Å². The first kappa shape index (κ1) is 16.7. The van der Waals surface area contributed by atoms with Crippen molar-refractivity contribution >= 4 is 17.7 Å². The maximum absolute atomic E-state index is 5.95. The molecule has 3 aromatic rings. The fourth-order valence-electron chi connectivity index (χ4n) is 2.15. The van der Waals surface area contributed by atoms with E-state index >= 15 is 0 Å². The van der Waals surface area contributed by atoms with E-state index in [-0.39, 0.29) is 0 Å². The minimum absolute atomic E-state index is 0.712. The van der Waals surface area contributed by atoms with Gasteiger partial charge in [0.25, 0.3) is 0 Å². The number of rotatable bonds is 1. The van der Waals surface area contributed by atoms with Crippen LogP contribution in [0.25, 0.3) is 6.08 Å². The molecule has 0 atom stereocenters. The predicted molar refractivity (Wildman–Crippen MR) is 106 cm³/mol. The van der Waals surface area contributed by atoms with Crippen molar-refractivity contribution < 1.29 is 0 Å². The molecule has 0 spiro atoms. The summed E-state index contributed by atoms with van der Waals surface area (Å²) >= 11 is 5.95. The molecular weight excluding hydrogens is 324 g/mol. The molecule has 3 rings (SSSR count). The molecule has 0 aliphatic rings. The van der Waals surface area contributed by atoms with E-state index in [2.05, 4.69) is 23.7 Å². The lowest BCUT2D eigenvalue weighted by atomic mass is 10.1. The first-order chi connectivity index (χ1) is 12.3. The molecule has 0 aliphatic carbocycles. The monoisotopic (exact) mass is 338 g/mol. The highest BCUT2D eigenvalue weighted by molar-refractivity contribution is 6.30. The Labute approximate surface area is 153 Å². The molecule has 0 nitrogen and oxygen atoms in total. The van der Waals surface area contributed by atoms with Gasteiger partial charge in [-0.1, -0.05) is 83.8 Å². The first-order valence-electron chi connectivity index (χ1n) is 7.91. The summed E-state index contributed by atoms with van der Waals surface area (Å²) in [5, 5.41) is 0.712. The lowest BCUT2D eigenvalue weighted by Crippen LogP contribution is -1.79. The van der Waals surface area contributed by atoms with Gasteiger partial charge in [-0.15, -0.1) is 0 Å². The molecule has 0 bridgehead atoms. The fourth-order valence-corrected chi connectivity index (χ4v) is 2.28. The SMILES string of the molecule is Clc1ccc(C=C(C#Cc2ccccc2)C#Cc2ccccc2)cc1. The summed E-state index contributed by atoms with van der Waals surface area (Å²) in [7, 11) is 0. The molecule has 25 heavy (non-hydrogen) atoms. The van der Waals surface area contributed by atoms with Gasteiger partial charge in [-0.2, -0.15) is 0 Å². The van der Waals surface area contributed by atoms with Crippen molar-refractivity contribution in [3.8, 4) is 23.7 Å². The summed E-state index contributed by atoms with van der Waals surface area (Å²) in [4.78, 5) is 0. The molecule has 0 unspecified atom stereocenters. The largest absolute Gasteiger partial charge is 0.0843 e. The zero-order valence-corrected chi connectivity index (χ0v) is 14.3. The standard InChI is InChI=1S/C24H15Cl/c25-24-17-15-23(16-18-24)19-22(13-11-20-7-3-1-4-8-20)14-12-21-9-5-2-6-10-21/h1-10,15-19H. The van der Waals surface area contributed by atoms with Crippen molar-refractivity contribution in [1.82, 2.24) is 0 Å². The summed E-state index contributed by atoms with van der Waals surface area (Å²) in [6.45, 7) is 0. The average Bonchev–Trinajstić information content (AvgIpc) is 2.67. The van der Waals surface area contributed by atoms with E-state index in [0.29, 0.717) is 5.02 Å². The number of halogens is 1.